The minimum absolute atomic E-state index is 0.0393. The molecule has 0 atom stereocenters. The molecule has 0 unspecified atom stereocenters. The number of halogens is 1. The van der Waals surface area contributed by atoms with Crippen LogP contribution in [0, 0.1) is 0 Å². The van der Waals surface area contributed by atoms with Gasteiger partial charge in [0.05, 0.1) is 18.4 Å². The predicted octanol–water partition coefficient (Wildman–Crippen LogP) is 0.116. The molecule has 1 heterocycles. The van der Waals surface area contributed by atoms with Crippen molar-refractivity contribution >= 4 is 11.6 Å². The van der Waals surface area contributed by atoms with Crippen molar-refractivity contribution in [3.63, 3.8) is 0 Å². The zero-order valence-electron chi connectivity index (χ0n) is 10.8. The number of carbonyl (C=O) groups is 1. The third-order valence-corrected chi connectivity index (χ3v) is 2.45. The number of aryl methyl sites for hydroxylation is 1. The Balaban J connectivity index is 2.53. The highest BCUT2D eigenvalue weighted by atomic mass is 19.1. The number of amides is 1. The Kier molecular flexibility index (Phi) is 5.57. The molecule has 102 valence electrons. The van der Waals surface area contributed by atoms with E-state index in [9.17, 15) is 9.18 Å². The maximum absolute atomic E-state index is 12.3. The van der Waals surface area contributed by atoms with Crippen LogP contribution in [-0.4, -0.2) is 54.4 Å². The number of hydrogen-bond acceptors (Lipinski definition) is 4. The van der Waals surface area contributed by atoms with Crippen molar-refractivity contribution in [1.29, 1.82) is 0 Å². The van der Waals surface area contributed by atoms with E-state index < -0.39 is 6.67 Å². The lowest BCUT2D eigenvalue weighted by Crippen LogP contribution is -2.29. The summed E-state index contributed by atoms with van der Waals surface area (Å²) in [5.74, 6) is -0.308. The normalized spacial score (nSPS) is 10.9. The highest BCUT2D eigenvalue weighted by Gasteiger charge is 2.16. The predicted molar refractivity (Wildman–Crippen MR) is 68.1 cm³/mol. The van der Waals surface area contributed by atoms with Gasteiger partial charge in [-0.05, 0) is 27.1 Å². The molecule has 0 aliphatic heterocycles. The number of rotatable bonds is 7. The molecule has 7 heteroatoms. The van der Waals surface area contributed by atoms with Gasteiger partial charge in [0.2, 0.25) is 0 Å². The van der Waals surface area contributed by atoms with E-state index in [4.69, 9.17) is 5.73 Å². The van der Waals surface area contributed by atoms with Crippen LogP contribution < -0.4 is 11.1 Å². The summed E-state index contributed by atoms with van der Waals surface area (Å²) < 4.78 is 13.6. The van der Waals surface area contributed by atoms with Crippen molar-refractivity contribution in [2.75, 3.05) is 39.6 Å². The van der Waals surface area contributed by atoms with Gasteiger partial charge in [0, 0.05) is 6.54 Å². The Morgan fingerprint density at radius 1 is 1.61 bits per heavy atom. The summed E-state index contributed by atoms with van der Waals surface area (Å²) in [6.45, 7) is 0.899. The topological polar surface area (TPSA) is 76.2 Å². The average molecular weight is 257 g/mol. The Morgan fingerprint density at radius 2 is 2.33 bits per heavy atom. The monoisotopic (exact) mass is 257 g/mol. The van der Waals surface area contributed by atoms with Crippen molar-refractivity contribution in [3.8, 4) is 0 Å². The summed E-state index contributed by atoms with van der Waals surface area (Å²) in [6, 6.07) is 0. The fourth-order valence-corrected chi connectivity index (χ4v) is 1.58. The maximum atomic E-state index is 12.3. The van der Waals surface area contributed by atoms with Gasteiger partial charge in [-0.3, -0.25) is 9.48 Å². The molecule has 0 aromatic carbocycles. The standard InChI is InChI=1S/C11H20FN5O/c1-16(2)6-3-5-14-11(18)10-9(13)8-15-17(10)7-4-12/h8H,3-7,13H2,1-2H3,(H,14,18). The van der Waals surface area contributed by atoms with E-state index in [2.05, 4.69) is 10.4 Å². The first-order valence-corrected chi connectivity index (χ1v) is 5.86. The summed E-state index contributed by atoms with van der Waals surface area (Å²) in [7, 11) is 3.94. The van der Waals surface area contributed by atoms with Crippen LogP contribution in [0.3, 0.4) is 0 Å². The zero-order valence-corrected chi connectivity index (χ0v) is 10.8. The highest BCUT2D eigenvalue weighted by molar-refractivity contribution is 5.97. The summed E-state index contributed by atoms with van der Waals surface area (Å²) in [4.78, 5) is 13.9. The molecule has 0 saturated heterocycles. The number of nitrogens with zero attached hydrogens (tertiary/aromatic N) is 3. The van der Waals surface area contributed by atoms with Crippen LogP contribution in [0.25, 0.3) is 0 Å². The number of hydrogen-bond donors (Lipinski definition) is 2. The molecule has 0 radical (unpaired) electrons. The van der Waals surface area contributed by atoms with Gasteiger partial charge >= 0.3 is 0 Å². The number of nitrogens with two attached hydrogens (primary N) is 1. The summed E-state index contributed by atoms with van der Waals surface area (Å²) in [5, 5.41) is 6.62. The highest BCUT2D eigenvalue weighted by Crippen LogP contribution is 2.10. The fraction of sp³-hybridized carbons (Fsp3) is 0.636. The van der Waals surface area contributed by atoms with Crippen LogP contribution in [0.2, 0.25) is 0 Å². The van der Waals surface area contributed by atoms with Crippen molar-refractivity contribution in [3.05, 3.63) is 11.9 Å². The van der Waals surface area contributed by atoms with Gasteiger partial charge in [0.25, 0.3) is 5.91 Å². The Hall–Kier alpha value is -1.63. The maximum Gasteiger partial charge on any atom is 0.271 e. The van der Waals surface area contributed by atoms with E-state index in [-0.39, 0.29) is 23.8 Å². The first-order chi connectivity index (χ1) is 8.56. The second-order valence-corrected chi connectivity index (χ2v) is 4.27. The molecule has 0 bridgehead atoms. The van der Waals surface area contributed by atoms with E-state index >= 15 is 0 Å². The van der Waals surface area contributed by atoms with Crippen molar-refractivity contribution in [1.82, 2.24) is 20.0 Å². The fourth-order valence-electron chi connectivity index (χ4n) is 1.58. The minimum atomic E-state index is -0.581. The van der Waals surface area contributed by atoms with Crippen LogP contribution in [0.15, 0.2) is 6.20 Å². The van der Waals surface area contributed by atoms with Crippen molar-refractivity contribution < 1.29 is 9.18 Å². The van der Waals surface area contributed by atoms with Gasteiger partial charge in [0.1, 0.15) is 12.4 Å². The summed E-state index contributed by atoms with van der Waals surface area (Å²) in [5.41, 5.74) is 6.16. The number of aromatic nitrogens is 2. The lowest BCUT2D eigenvalue weighted by atomic mass is 10.3. The van der Waals surface area contributed by atoms with Crippen molar-refractivity contribution in [2.45, 2.75) is 13.0 Å². The molecule has 0 saturated carbocycles. The molecule has 6 nitrogen and oxygen atoms in total. The zero-order chi connectivity index (χ0) is 13.5. The molecule has 1 amide bonds. The number of carbonyl (C=O) groups excluding carboxylic acids is 1. The first kappa shape index (κ1) is 14.4. The lowest BCUT2D eigenvalue weighted by Gasteiger charge is -2.10. The molecule has 3 N–H and O–H groups in total. The molecule has 1 aromatic rings. The third-order valence-electron chi connectivity index (χ3n) is 2.45. The molecular weight excluding hydrogens is 237 g/mol. The Morgan fingerprint density at radius 3 is 2.94 bits per heavy atom. The molecule has 18 heavy (non-hydrogen) atoms. The molecule has 1 aromatic heterocycles. The van der Waals surface area contributed by atoms with Gasteiger partial charge < -0.3 is 16.0 Å². The van der Waals surface area contributed by atoms with Crippen LogP contribution in [0.1, 0.15) is 16.9 Å². The smallest absolute Gasteiger partial charge is 0.271 e. The van der Waals surface area contributed by atoms with E-state index in [1.54, 1.807) is 0 Å². The van der Waals surface area contributed by atoms with Crippen LogP contribution in [0.4, 0.5) is 10.1 Å². The summed E-state index contributed by atoms with van der Waals surface area (Å²) in [6.07, 6.45) is 2.21. The minimum Gasteiger partial charge on any atom is -0.396 e. The van der Waals surface area contributed by atoms with Gasteiger partial charge in [-0.2, -0.15) is 5.10 Å². The van der Waals surface area contributed by atoms with Crippen LogP contribution in [0.5, 0.6) is 0 Å². The average Bonchev–Trinajstić information content (AvgIpc) is 2.66. The SMILES string of the molecule is CN(C)CCCNC(=O)c1c(N)cnn1CCF. The second kappa shape index (κ2) is 6.95. The second-order valence-electron chi connectivity index (χ2n) is 4.27. The van der Waals surface area contributed by atoms with Gasteiger partial charge in [-0.1, -0.05) is 0 Å². The van der Waals surface area contributed by atoms with Gasteiger partial charge in [-0.15, -0.1) is 0 Å². The van der Waals surface area contributed by atoms with E-state index in [1.807, 2.05) is 19.0 Å². The van der Waals surface area contributed by atoms with E-state index in [0.29, 0.717) is 6.54 Å². The van der Waals surface area contributed by atoms with Crippen molar-refractivity contribution in [2.24, 2.45) is 0 Å². The largest absolute Gasteiger partial charge is 0.396 e. The summed E-state index contributed by atoms with van der Waals surface area (Å²) >= 11 is 0. The molecule has 1 rings (SSSR count). The lowest BCUT2D eigenvalue weighted by molar-refractivity contribution is 0.0942. The van der Waals surface area contributed by atoms with Crippen LogP contribution in [-0.2, 0) is 6.54 Å². The quantitative estimate of drug-likeness (QED) is 0.680. The molecular formula is C11H20FN5O. The van der Waals surface area contributed by atoms with E-state index in [0.717, 1.165) is 13.0 Å². The molecule has 0 spiro atoms. The first-order valence-electron chi connectivity index (χ1n) is 5.86. The number of anilines is 1. The number of nitrogen functional groups attached to an aromatic ring is 1. The third kappa shape index (κ3) is 3.99. The van der Waals surface area contributed by atoms with Gasteiger partial charge in [0.15, 0.2) is 0 Å². The van der Waals surface area contributed by atoms with Gasteiger partial charge in [-0.25, -0.2) is 4.39 Å². The number of nitrogens with one attached hydrogen (secondary N) is 1. The Bertz CT molecular complexity index is 391. The van der Waals surface area contributed by atoms with E-state index in [1.165, 1.54) is 10.9 Å². The molecule has 0 fully saturated rings. The Labute approximate surface area is 106 Å². The number of alkyl halides is 1. The molecule has 0 aliphatic carbocycles. The molecule has 0 aliphatic rings. The van der Waals surface area contributed by atoms with Crippen LogP contribution >= 0.6 is 0 Å².